The van der Waals surface area contributed by atoms with Crippen LogP contribution in [0.2, 0.25) is 0 Å². The maximum Gasteiger partial charge on any atom is 0.303 e. The zero-order valence-corrected chi connectivity index (χ0v) is 18.1. The van der Waals surface area contributed by atoms with Crippen LogP contribution in [0.15, 0.2) is 12.2 Å². The molecule has 8 rings (SSSR count). The average Bonchev–Trinajstić information content (AvgIpc) is 2.70. The third kappa shape index (κ3) is 1.95. The number of piperidine rings is 1. The largest absolute Gasteiger partial charge is 0.459 e. The number of ether oxygens (including phenoxy) is 2. The lowest BCUT2D eigenvalue weighted by molar-refractivity contribution is -0.407. The van der Waals surface area contributed by atoms with Gasteiger partial charge in [0.05, 0.1) is 12.0 Å². The Morgan fingerprint density at radius 2 is 2.17 bits per heavy atom. The summed E-state index contributed by atoms with van der Waals surface area (Å²) in [6.45, 7) is 8.23. The minimum absolute atomic E-state index is 0.00270. The molecule has 8 aliphatic rings. The van der Waals surface area contributed by atoms with Crippen LogP contribution >= 0.6 is 0 Å². The van der Waals surface area contributed by atoms with Gasteiger partial charge in [0.1, 0.15) is 18.4 Å². The van der Waals surface area contributed by atoms with Crippen molar-refractivity contribution in [2.75, 3.05) is 13.2 Å². The topological polar surface area (TPSA) is 76.1 Å². The van der Waals surface area contributed by atoms with E-state index in [-0.39, 0.29) is 53.7 Å². The molecule has 3 aliphatic heterocycles. The van der Waals surface area contributed by atoms with Crippen LogP contribution in [-0.2, 0) is 19.1 Å². The molecule has 164 valence electrons. The molecule has 2 spiro atoms. The second kappa shape index (κ2) is 5.89. The number of aliphatic hydroxyl groups is 1. The first kappa shape index (κ1) is 19.3. The van der Waals surface area contributed by atoms with Gasteiger partial charge in [-0.15, -0.1) is 0 Å². The fraction of sp³-hybridized carbons (Fsp3) is 0.833. The van der Waals surface area contributed by atoms with Crippen LogP contribution in [0.3, 0.4) is 0 Å². The van der Waals surface area contributed by atoms with Crippen molar-refractivity contribution >= 4 is 11.9 Å². The van der Waals surface area contributed by atoms with Crippen molar-refractivity contribution < 1.29 is 24.2 Å². The molecule has 1 N–H and O–H groups in total. The van der Waals surface area contributed by atoms with E-state index in [0.717, 1.165) is 44.9 Å². The number of aliphatic hydroxyl groups excluding tert-OH is 1. The molecule has 6 nitrogen and oxygen atoms in total. The molecular weight excluding hydrogens is 382 g/mol. The Hall–Kier alpha value is -1.40. The van der Waals surface area contributed by atoms with Crippen molar-refractivity contribution in [3.63, 3.8) is 0 Å². The van der Waals surface area contributed by atoms with Crippen molar-refractivity contribution in [3.8, 4) is 0 Å². The molecule has 6 heteroatoms. The number of rotatable bonds is 3. The number of β-amino-alcohol motifs (C(OH)–C–C–N with tert-alkyl or cyclic N) is 1. The van der Waals surface area contributed by atoms with Crippen molar-refractivity contribution in [1.82, 2.24) is 4.90 Å². The summed E-state index contributed by atoms with van der Waals surface area (Å²) in [5, 5.41) is 9.76. The summed E-state index contributed by atoms with van der Waals surface area (Å²) < 4.78 is 12.9. The van der Waals surface area contributed by atoms with Gasteiger partial charge < -0.3 is 19.5 Å². The molecule has 0 aromatic carbocycles. The Balaban J connectivity index is 1.58. The predicted octanol–water partition coefficient (Wildman–Crippen LogP) is 2.65. The van der Waals surface area contributed by atoms with E-state index in [1.165, 1.54) is 12.5 Å². The Kier molecular flexibility index (Phi) is 3.79. The first-order valence-electron chi connectivity index (χ1n) is 11.7. The SMILES string of the molecule is C=C1CC23CCC1CC2C12CCCC4(C)C(=O)N(CCO)C1OC3C(OC(C)=O)C42. The second-order valence-corrected chi connectivity index (χ2v) is 11.2. The van der Waals surface area contributed by atoms with Crippen molar-refractivity contribution in [1.29, 1.82) is 0 Å². The van der Waals surface area contributed by atoms with E-state index >= 15 is 0 Å². The molecule has 9 atom stereocenters. The summed E-state index contributed by atoms with van der Waals surface area (Å²) in [7, 11) is 0. The van der Waals surface area contributed by atoms with Crippen LogP contribution < -0.4 is 0 Å². The zero-order chi connectivity index (χ0) is 21.1. The normalized spacial score (nSPS) is 53.0. The molecule has 7 bridgehead atoms. The van der Waals surface area contributed by atoms with Crippen molar-refractivity contribution in [3.05, 3.63) is 12.2 Å². The van der Waals surface area contributed by atoms with Gasteiger partial charge in [0.15, 0.2) is 0 Å². The minimum atomic E-state index is -0.568. The van der Waals surface area contributed by atoms with Gasteiger partial charge in [0.25, 0.3) is 0 Å². The van der Waals surface area contributed by atoms with Crippen molar-refractivity contribution in [2.45, 2.75) is 77.2 Å². The summed E-state index contributed by atoms with van der Waals surface area (Å²) in [5.74, 6) is 0.806. The number of fused-ring (bicyclic) bond motifs is 2. The van der Waals surface area contributed by atoms with Crippen LogP contribution in [0.4, 0.5) is 0 Å². The van der Waals surface area contributed by atoms with Gasteiger partial charge in [-0.1, -0.05) is 25.5 Å². The number of hydrogen-bond donors (Lipinski definition) is 1. The molecule has 3 heterocycles. The van der Waals surface area contributed by atoms with E-state index < -0.39 is 5.41 Å². The van der Waals surface area contributed by atoms with E-state index in [0.29, 0.717) is 18.4 Å². The third-order valence-electron chi connectivity index (χ3n) is 10.1. The van der Waals surface area contributed by atoms with Crippen LogP contribution in [0.25, 0.3) is 0 Å². The maximum absolute atomic E-state index is 13.7. The summed E-state index contributed by atoms with van der Waals surface area (Å²) in [4.78, 5) is 27.8. The Morgan fingerprint density at radius 1 is 1.37 bits per heavy atom. The standard InChI is InChI=1S/C24H33NO5/c1-13-12-23-8-5-15(13)11-16(23)24-7-4-6-22(3)18(24)17(29-14(2)27)19(23)30-21(24)25(9-10-26)20(22)28/h15-19,21,26H,1,4-12H2,2-3H3. The van der Waals surface area contributed by atoms with Gasteiger partial charge in [0, 0.05) is 30.2 Å². The Bertz CT molecular complexity index is 841. The smallest absolute Gasteiger partial charge is 0.303 e. The number of esters is 1. The van der Waals surface area contributed by atoms with Crippen LogP contribution in [0.5, 0.6) is 0 Å². The molecule has 5 saturated carbocycles. The minimum Gasteiger partial charge on any atom is -0.459 e. The first-order chi connectivity index (χ1) is 14.3. The third-order valence-corrected chi connectivity index (χ3v) is 10.1. The van der Waals surface area contributed by atoms with Gasteiger partial charge in [0.2, 0.25) is 5.91 Å². The number of allylic oxidation sites excluding steroid dienone is 1. The van der Waals surface area contributed by atoms with Crippen LogP contribution in [0.1, 0.15) is 58.8 Å². The first-order valence-corrected chi connectivity index (χ1v) is 11.7. The highest BCUT2D eigenvalue weighted by Gasteiger charge is 2.82. The lowest BCUT2D eigenvalue weighted by Gasteiger charge is -2.79. The average molecular weight is 416 g/mol. The van der Waals surface area contributed by atoms with Crippen molar-refractivity contribution in [2.24, 2.45) is 34.0 Å². The molecule has 0 radical (unpaired) electrons. The molecule has 3 saturated heterocycles. The van der Waals surface area contributed by atoms with Gasteiger partial charge in [-0.05, 0) is 50.4 Å². The number of carbonyl (C=O) groups is 2. The maximum atomic E-state index is 13.7. The monoisotopic (exact) mass is 415 g/mol. The number of nitrogens with zero attached hydrogens (tertiary/aromatic N) is 1. The Labute approximate surface area is 178 Å². The van der Waals surface area contributed by atoms with Crippen LogP contribution in [0, 0.1) is 34.0 Å². The predicted molar refractivity (Wildman–Crippen MR) is 108 cm³/mol. The molecule has 5 aliphatic carbocycles. The number of hydrogen-bond acceptors (Lipinski definition) is 5. The molecule has 30 heavy (non-hydrogen) atoms. The zero-order valence-electron chi connectivity index (χ0n) is 18.1. The van der Waals surface area contributed by atoms with E-state index in [9.17, 15) is 14.7 Å². The number of likely N-dealkylation sites (tertiary alicyclic amines) is 1. The highest BCUT2D eigenvalue weighted by atomic mass is 16.6. The summed E-state index contributed by atoms with van der Waals surface area (Å²) >= 11 is 0. The van der Waals surface area contributed by atoms with E-state index in [1.54, 1.807) is 0 Å². The van der Waals surface area contributed by atoms with Gasteiger partial charge >= 0.3 is 5.97 Å². The highest BCUT2D eigenvalue weighted by molar-refractivity contribution is 5.85. The summed E-state index contributed by atoms with van der Waals surface area (Å²) in [6.07, 6.45) is 6.25. The molecule has 0 aromatic heterocycles. The van der Waals surface area contributed by atoms with Crippen LogP contribution in [-0.4, -0.2) is 53.5 Å². The molecule has 8 fully saturated rings. The quantitative estimate of drug-likeness (QED) is 0.567. The molecular formula is C24H33NO5. The molecule has 1 amide bonds. The molecule has 9 unspecified atom stereocenters. The van der Waals surface area contributed by atoms with E-state index in [1.807, 2.05) is 4.90 Å². The van der Waals surface area contributed by atoms with Gasteiger partial charge in [-0.3, -0.25) is 9.59 Å². The van der Waals surface area contributed by atoms with Gasteiger partial charge in [-0.25, -0.2) is 0 Å². The highest BCUT2D eigenvalue weighted by Crippen LogP contribution is 2.78. The lowest BCUT2D eigenvalue weighted by Crippen LogP contribution is -2.85. The fourth-order valence-electron chi connectivity index (χ4n) is 9.44. The number of carbonyl (C=O) groups excluding carboxylic acids is 2. The van der Waals surface area contributed by atoms with E-state index in [2.05, 4.69) is 13.5 Å². The van der Waals surface area contributed by atoms with Gasteiger partial charge in [-0.2, -0.15) is 0 Å². The van der Waals surface area contributed by atoms with E-state index in [4.69, 9.17) is 9.47 Å². The lowest BCUT2D eigenvalue weighted by atomic mass is 9.32. The molecule has 0 aromatic rings. The summed E-state index contributed by atoms with van der Waals surface area (Å²) in [5.41, 5.74) is 0.521. The second-order valence-electron chi connectivity index (χ2n) is 11.2. The Morgan fingerprint density at radius 3 is 2.87 bits per heavy atom. The fourth-order valence-corrected chi connectivity index (χ4v) is 9.44. The number of amides is 1. The summed E-state index contributed by atoms with van der Waals surface area (Å²) in [6, 6.07) is 0.